The van der Waals surface area contributed by atoms with Crippen LogP contribution in [0, 0.1) is 0 Å². The number of amides is 1. The fraction of sp³-hybridized carbons (Fsp3) is 0.467. The van der Waals surface area contributed by atoms with Gasteiger partial charge in [0.15, 0.2) is 0 Å². The largest absolute Gasteiger partial charge is 0.375 e. The molecule has 3 rings (SSSR count). The number of carbonyl (C=O) groups excluding carboxylic acids is 1. The second-order valence-corrected chi connectivity index (χ2v) is 6.11. The van der Waals surface area contributed by atoms with Crippen molar-refractivity contribution >= 4 is 27.5 Å². The summed E-state index contributed by atoms with van der Waals surface area (Å²) in [6.45, 7) is 0.962. The summed E-state index contributed by atoms with van der Waals surface area (Å²) in [7, 11) is 1.56. The van der Waals surface area contributed by atoms with Gasteiger partial charge in [0.2, 0.25) is 5.91 Å². The van der Waals surface area contributed by atoms with Crippen LogP contribution in [0.5, 0.6) is 0 Å². The molecule has 0 saturated carbocycles. The average molecular weight is 290 g/mol. The first-order valence-electron chi connectivity index (χ1n) is 6.93. The SMILES string of the molecule is COCC(=O)N1CCCCC1c1nc2ccccc2s1. The van der Waals surface area contributed by atoms with Gasteiger partial charge < -0.3 is 9.64 Å². The Morgan fingerprint density at radius 3 is 3.10 bits per heavy atom. The van der Waals surface area contributed by atoms with Gasteiger partial charge in [0.25, 0.3) is 0 Å². The maximum Gasteiger partial charge on any atom is 0.249 e. The molecule has 2 heterocycles. The molecule has 1 atom stereocenters. The number of ether oxygens (including phenoxy) is 1. The molecule has 1 aromatic carbocycles. The second kappa shape index (κ2) is 5.89. The third-order valence-electron chi connectivity index (χ3n) is 3.69. The van der Waals surface area contributed by atoms with Crippen molar-refractivity contribution in [2.75, 3.05) is 20.3 Å². The Morgan fingerprint density at radius 1 is 1.45 bits per heavy atom. The van der Waals surface area contributed by atoms with Crippen molar-refractivity contribution in [2.45, 2.75) is 25.3 Å². The Labute approximate surface area is 122 Å². The fourth-order valence-electron chi connectivity index (χ4n) is 2.73. The average Bonchev–Trinajstić information content (AvgIpc) is 2.91. The summed E-state index contributed by atoms with van der Waals surface area (Å²) < 4.78 is 6.18. The molecule has 0 radical (unpaired) electrons. The van der Waals surface area contributed by atoms with Gasteiger partial charge in [0.1, 0.15) is 11.6 Å². The number of piperidine rings is 1. The van der Waals surface area contributed by atoms with Crippen LogP contribution in [0.3, 0.4) is 0 Å². The smallest absolute Gasteiger partial charge is 0.249 e. The van der Waals surface area contributed by atoms with Gasteiger partial charge in [0.05, 0.1) is 16.3 Å². The zero-order valence-electron chi connectivity index (χ0n) is 11.5. The van der Waals surface area contributed by atoms with Gasteiger partial charge in [-0.05, 0) is 31.4 Å². The van der Waals surface area contributed by atoms with Gasteiger partial charge in [-0.25, -0.2) is 4.98 Å². The molecule has 5 heteroatoms. The third-order valence-corrected chi connectivity index (χ3v) is 4.82. The molecule has 1 amide bonds. The lowest BCUT2D eigenvalue weighted by Crippen LogP contribution is -2.40. The summed E-state index contributed by atoms with van der Waals surface area (Å²) in [6, 6.07) is 8.25. The maximum absolute atomic E-state index is 12.2. The monoisotopic (exact) mass is 290 g/mol. The van der Waals surface area contributed by atoms with Crippen LogP contribution in [-0.2, 0) is 9.53 Å². The van der Waals surface area contributed by atoms with Gasteiger partial charge in [-0.1, -0.05) is 12.1 Å². The minimum atomic E-state index is 0.0662. The summed E-state index contributed by atoms with van der Waals surface area (Å²) in [5, 5.41) is 1.05. The quantitative estimate of drug-likeness (QED) is 0.872. The normalized spacial score (nSPS) is 19.4. The van der Waals surface area contributed by atoms with Gasteiger partial charge in [-0.15, -0.1) is 11.3 Å². The fourth-order valence-corrected chi connectivity index (χ4v) is 3.84. The lowest BCUT2D eigenvalue weighted by molar-refractivity contribution is -0.139. The summed E-state index contributed by atoms with van der Waals surface area (Å²) >= 11 is 1.70. The van der Waals surface area contributed by atoms with Crippen LogP contribution < -0.4 is 0 Å². The Bertz CT molecular complexity index is 578. The molecule has 0 bridgehead atoms. The minimum Gasteiger partial charge on any atom is -0.375 e. The Morgan fingerprint density at radius 2 is 2.30 bits per heavy atom. The molecule has 1 saturated heterocycles. The van der Waals surface area contributed by atoms with Crippen molar-refractivity contribution < 1.29 is 9.53 Å². The number of thiazole rings is 1. The highest BCUT2D eigenvalue weighted by Crippen LogP contribution is 2.35. The van der Waals surface area contributed by atoms with Crippen molar-refractivity contribution in [2.24, 2.45) is 0 Å². The van der Waals surface area contributed by atoms with Crippen LogP contribution in [0.4, 0.5) is 0 Å². The third kappa shape index (κ3) is 2.55. The van der Waals surface area contributed by atoms with Crippen molar-refractivity contribution in [1.82, 2.24) is 9.88 Å². The van der Waals surface area contributed by atoms with Crippen LogP contribution in [0.2, 0.25) is 0 Å². The number of hydrogen-bond donors (Lipinski definition) is 0. The van der Waals surface area contributed by atoms with Crippen molar-refractivity contribution in [3.63, 3.8) is 0 Å². The number of aromatic nitrogens is 1. The number of nitrogens with zero attached hydrogens (tertiary/aromatic N) is 2. The zero-order chi connectivity index (χ0) is 13.9. The number of hydrogen-bond acceptors (Lipinski definition) is 4. The molecular weight excluding hydrogens is 272 g/mol. The van der Waals surface area contributed by atoms with E-state index in [4.69, 9.17) is 9.72 Å². The molecule has 1 unspecified atom stereocenters. The second-order valence-electron chi connectivity index (χ2n) is 5.05. The predicted molar refractivity (Wildman–Crippen MR) is 79.8 cm³/mol. The molecule has 0 spiro atoms. The summed E-state index contributed by atoms with van der Waals surface area (Å²) in [5.74, 6) is 0.0662. The van der Waals surface area contributed by atoms with E-state index < -0.39 is 0 Å². The van der Waals surface area contributed by atoms with E-state index in [0.29, 0.717) is 0 Å². The molecule has 1 aromatic heterocycles. The first kappa shape index (κ1) is 13.5. The van der Waals surface area contributed by atoms with Crippen LogP contribution in [-0.4, -0.2) is 36.1 Å². The van der Waals surface area contributed by atoms with E-state index in [1.807, 2.05) is 23.1 Å². The molecule has 1 aliphatic rings. The van der Waals surface area contributed by atoms with E-state index >= 15 is 0 Å². The zero-order valence-corrected chi connectivity index (χ0v) is 12.4. The van der Waals surface area contributed by atoms with E-state index in [0.717, 1.165) is 36.3 Å². The van der Waals surface area contributed by atoms with Crippen LogP contribution in [0.15, 0.2) is 24.3 Å². The molecule has 2 aromatic rings. The van der Waals surface area contributed by atoms with Crippen LogP contribution in [0.25, 0.3) is 10.2 Å². The highest BCUT2D eigenvalue weighted by molar-refractivity contribution is 7.18. The first-order valence-corrected chi connectivity index (χ1v) is 7.75. The summed E-state index contributed by atoms with van der Waals surface area (Å²) in [4.78, 5) is 18.8. The van der Waals surface area contributed by atoms with E-state index in [-0.39, 0.29) is 18.6 Å². The molecule has 1 fully saturated rings. The predicted octanol–water partition coefficient (Wildman–Crippen LogP) is 3.00. The Kier molecular flexibility index (Phi) is 3.98. The van der Waals surface area contributed by atoms with Gasteiger partial charge in [0, 0.05) is 13.7 Å². The molecule has 20 heavy (non-hydrogen) atoms. The van der Waals surface area contributed by atoms with Crippen molar-refractivity contribution in [3.05, 3.63) is 29.3 Å². The van der Waals surface area contributed by atoms with Crippen LogP contribution >= 0.6 is 11.3 Å². The Hall–Kier alpha value is -1.46. The molecule has 0 N–H and O–H groups in total. The molecule has 0 aliphatic carbocycles. The lowest BCUT2D eigenvalue weighted by Gasteiger charge is -2.34. The summed E-state index contributed by atoms with van der Waals surface area (Å²) in [5.41, 5.74) is 1.03. The van der Waals surface area contributed by atoms with Gasteiger partial charge in [-0.3, -0.25) is 4.79 Å². The van der Waals surface area contributed by atoms with Crippen LogP contribution in [0.1, 0.15) is 30.3 Å². The number of carbonyl (C=O) groups is 1. The van der Waals surface area contributed by atoms with E-state index in [1.54, 1.807) is 18.4 Å². The number of rotatable bonds is 3. The number of likely N-dealkylation sites (tertiary alicyclic amines) is 1. The van der Waals surface area contributed by atoms with E-state index in [2.05, 4.69) is 6.07 Å². The first-order chi connectivity index (χ1) is 9.79. The lowest BCUT2D eigenvalue weighted by atomic mass is 10.0. The minimum absolute atomic E-state index is 0.0662. The molecule has 4 nitrogen and oxygen atoms in total. The standard InChI is InChI=1S/C15H18N2O2S/c1-19-10-14(18)17-9-5-4-7-12(17)15-16-11-6-2-3-8-13(11)20-15/h2-3,6,8,12H,4-5,7,9-10H2,1H3. The molecule has 1 aliphatic heterocycles. The number of para-hydroxylation sites is 1. The summed E-state index contributed by atoms with van der Waals surface area (Å²) in [6.07, 6.45) is 3.21. The highest BCUT2D eigenvalue weighted by atomic mass is 32.1. The number of methoxy groups -OCH3 is 1. The number of benzene rings is 1. The highest BCUT2D eigenvalue weighted by Gasteiger charge is 2.29. The van der Waals surface area contributed by atoms with E-state index in [9.17, 15) is 4.79 Å². The van der Waals surface area contributed by atoms with Crippen molar-refractivity contribution in [1.29, 1.82) is 0 Å². The Balaban J connectivity index is 1.90. The molecule has 106 valence electrons. The molecular formula is C15H18N2O2S. The number of fused-ring (bicyclic) bond motifs is 1. The topological polar surface area (TPSA) is 42.4 Å². The van der Waals surface area contributed by atoms with E-state index in [1.165, 1.54) is 4.70 Å². The maximum atomic E-state index is 12.2. The van der Waals surface area contributed by atoms with Gasteiger partial charge in [-0.2, -0.15) is 0 Å². The van der Waals surface area contributed by atoms with Crippen molar-refractivity contribution in [3.8, 4) is 0 Å². The van der Waals surface area contributed by atoms with Gasteiger partial charge >= 0.3 is 0 Å².